The number of aromatic nitrogens is 2. The summed E-state index contributed by atoms with van der Waals surface area (Å²) in [5.74, 6) is -2.73. The van der Waals surface area contributed by atoms with E-state index in [0.717, 1.165) is 0 Å². The molecule has 1 fully saturated rings. The van der Waals surface area contributed by atoms with Crippen LogP contribution in [0.25, 0.3) is 0 Å². The topological polar surface area (TPSA) is 221 Å². The lowest BCUT2D eigenvalue weighted by molar-refractivity contribution is -0.142. The van der Waals surface area contributed by atoms with Gasteiger partial charge in [-0.2, -0.15) is 4.98 Å². The molecule has 0 radical (unpaired) electrons. The zero-order chi connectivity index (χ0) is 21.1. The Morgan fingerprint density at radius 3 is 2.50 bits per heavy atom. The second-order valence-corrected chi connectivity index (χ2v) is 6.86. The van der Waals surface area contributed by atoms with Gasteiger partial charge in [0.25, 0.3) is 5.89 Å². The van der Waals surface area contributed by atoms with Crippen LogP contribution in [0.3, 0.4) is 0 Å². The van der Waals surface area contributed by atoms with Crippen molar-refractivity contribution in [3.63, 3.8) is 0 Å². The molecule has 1 aromatic heterocycles. The maximum atomic E-state index is 12.3. The third-order valence-corrected chi connectivity index (χ3v) is 4.50. The van der Waals surface area contributed by atoms with E-state index in [9.17, 15) is 19.5 Å². The molecule has 13 nitrogen and oxygen atoms in total. The summed E-state index contributed by atoms with van der Waals surface area (Å²) in [5, 5.41) is 44.9. The second-order valence-electron chi connectivity index (χ2n) is 6.86. The van der Waals surface area contributed by atoms with E-state index >= 15 is 0 Å². The zero-order valence-electron chi connectivity index (χ0n) is 15.0. The fourth-order valence-corrected chi connectivity index (χ4v) is 3.09. The Morgan fingerprint density at radius 1 is 1.36 bits per heavy atom. The van der Waals surface area contributed by atoms with Crippen molar-refractivity contribution in [3.05, 3.63) is 11.7 Å². The van der Waals surface area contributed by atoms with Gasteiger partial charge in [0.15, 0.2) is 11.9 Å². The number of nitrogens with two attached hydrogens (primary N) is 1. The van der Waals surface area contributed by atoms with Crippen LogP contribution in [0.4, 0.5) is 4.79 Å². The Morgan fingerprint density at radius 2 is 2.00 bits per heavy atom. The van der Waals surface area contributed by atoms with Crippen LogP contribution in [0.2, 0.25) is 0 Å². The van der Waals surface area contributed by atoms with Gasteiger partial charge in [0.2, 0.25) is 0 Å². The fraction of sp³-hybridized carbons (Fsp3) is 0.667. The summed E-state index contributed by atoms with van der Waals surface area (Å²) < 4.78 is 5.14. The van der Waals surface area contributed by atoms with Gasteiger partial charge in [0.1, 0.15) is 5.54 Å². The molecule has 0 aliphatic heterocycles. The van der Waals surface area contributed by atoms with Gasteiger partial charge in [0.05, 0.1) is 18.8 Å². The smallest absolute Gasteiger partial charge is 0.328 e. The summed E-state index contributed by atoms with van der Waals surface area (Å²) in [6, 6.07) is -3.36. The molecule has 13 heteroatoms. The highest BCUT2D eigenvalue weighted by atomic mass is 16.5. The highest BCUT2D eigenvalue weighted by Crippen LogP contribution is 2.46. The maximum Gasteiger partial charge on any atom is 0.328 e. The number of aliphatic hydroxyl groups excluding tert-OH is 2. The molecule has 8 N–H and O–H groups in total. The van der Waals surface area contributed by atoms with Crippen LogP contribution in [-0.4, -0.2) is 67.3 Å². The van der Waals surface area contributed by atoms with E-state index in [0.29, 0.717) is 0 Å². The molecule has 1 aromatic rings. The molecule has 28 heavy (non-hydrogen) atoms. The van der Waals surface area contributed by atoms with Crippen molar-refractivity contribution in [3.8, 4) is 0 Å². The van der Waals surface area contributed by atoms with Gasteiger partial charge in [-0.05, 0) is 25.7 Å². The molecule has 2 rings (SSSR count). The standard InChI is InChI=1S/C15H23N5O8/c1-6(22)10(12(25)26)17-14(27)19-15(3-7(4-15)2-9(23)24)13-18-11(20-28-13)8(16)5-21/h6-8,10,21-22H,2-5,16H2,1H3,(H,23,24)(H,25,26)(H2,17,19,27)/t6-,7?,8-,10-,15?/m0/s1. The summed E-state index contributed by atoms with van der Waals surface area (Å²) in [5.41, 5.74) is 4.42. The number of carboxylic acid groups (broad SMARTS) is 2. The largest absolute Gasteiger partial charge is 0.481 e. The first-order valence-corrected chi connectivity index (χ1v) is 8.50. The van der Waals surface area contributed by atoms with Crippen molar-refractivity contribution in [2.45, 2.75) is 49.9 Å². The van der Waals surface area contributed by atoms with Crippen molar-refractivity contribution in [1.82, 2.24) is 20.8 Å². The van der Waals surface area contributed by atoms with Gasteiger partial charge >= 0.3 is 18.0 Å². The molecule has 1 heterocycles. The predicted molar refractivity (Wildman–Crippen MR) is 89.7 cm³/mol. The summed E-state index contributed by atoms with van der Waals surface area (Å²) in [4.78, 5) is 38.4. The first-order chi connectivity index (χ1) is 13.1. The number of urea groups is 1. The fourth-order valence-electron chi connectivity index (χ4n) is 3.09. The number of hydrogen-bond donors (Lipinski definition) is 7. The third-order valence-electron chi connectivity index (χ3n) is 4.50. The summed E-state index contributed by atoms with van der Waals surface area (Å²) >= 11 is 0. The van der Waals surface area contributed by atoms with Crippen LogP contribution in [0.1, 0.15) is 43.9 Å². The minimum Gasteiger partial charge on any atom is -0.481 e. The van der Waals surface area contributed by atoms with Gasteiger partial charge in [-0.3, -0.25) is 4.79 Å². The van der Waals surface area contributed by atoms with Gasteiger partial charge in [-0.25, -0.2) is 9.59 Å². The molecule has 0 spiro atoms. The number of rotatable bonds is 9. The molecule has 0 bridgehead atoms. The average molecular weight is 401 g/mol. The van der Waals surface area contributed by atoms with Crippen LogP contribution in [-0.2, 0) is 15.1 Å². The lowest BCUT2D eigenvalue weighted by Gasteiger charge is -2.45. The van der Waals surface area contributed by atoms with E-state index in [4.69, 9.17) is 25.6 Å². The third kappa shape index (κ3) is 4.74. The van der Waals surface area contributed by atoms with Gasteiger partial charge in [-0.15, -0.1) is 0 Å². The number of carbonyl (C=O) groups is 3. The predicted octanol–water partition coefficient (Wildman–Crippen LogP) is -1.73. The molecule has 1 aliphatic carbocycles. The van der Waals surface area contributed by atoms with Crippen molar-refractivity contribution >= 4 is 18.0 Å². The number of nitrogens with one attached hydrogen (secondary N) is 2. The van der Waals surface area contributed by atoms with E-state index < -0.39 is 48.3 Å². The van der Waals surface area contributed by atoms with Crippen LogP contribution >= 0.6 is 0 Å². The summed E-state index contributed by atoms with van der Waals surface area (Å²) in [6.45, 7) is 0.776. The molecular weight excluding hydrogens is 378 g/mol. The molecule has 156 valence electrons. The molecule has 1 aliphatic rings. The Bertz CT molecular complexity index is 730. The number of hydrogen-bond acceptors (Lipinski definition) is 9. The van der Waals surface area contributed by atoms with E-state index in [-0.39, 0.29) is 36.9 Å². The molecule has 2 amide bonds. The Kier molecular flexibility index (Phi) is 6.53. The average Bonchev–Trinajstić information content (AvgIpc) is 3.06. The first-order valence-electron chi connectivity index (χ1n) is 8.50. The molecule has 0 unspecified atom stereocenters. The zero-order valence-corrected chi connectivity index (χ0v) is 15.0. The summed E-state index contributed by atoms with van der Waals surface area (Å²) in [6.07, 6.45) is -1.16. The SMILES string of the molecule is C[C@H](O)[C@H](NC(=O)NC1(c2nc([C@@H](N)CO)no2)CC(CC(=O)O)C1)C(=O)O. The van der Waals surface area contributed by atoms with Crippen LogP contribution in [0.5, 0.6) is 0 Å². The first kappa shape index (κ1) is 21.5. The number of carboxylic acids is 2. The minimum atomic E-state index is -1.55. The number of aliphatic hydroxyl groups is 2. The van der Waals surface area contributed by atoms with Crippen LogP contribution < -0.4 is 16.4 Å². The number of carbonyl (C=O) groups excluding carboxylic acids is 1. The van der Waals surface area contributed by atoms with Gasteiger partial charge in [0, 0.05) is 6.42 Å². The van der Waals surface area contributed by atoms with Crippen molar-refractivity contribution in [2.24, 2.45) is 11.7 Å². The molecule has 3 atom stereocenters. The normalized spacial score (nSPS) is 24.5. The Balaban J connectivity index is 2.18. The molecule has 0 saturated heterocycles. The lowest BCUT2D eigenvalue weighted by atomic mass is 9.66. The van der Waals surface area contributed by atoms with Gasteiger partial charge in [-0.1, -0.05) is 5.16 Å². The number of aliphatic carboxylic acids is 2. The van der Waals surface area contributed by atoms with Crippen LogP contribution in [0.15, 0.2) is 4.52 Å². The van der Waals surface area contributed by atoms with Crippen molar-refractivity contribution in [2.75, 3.05) is 6.61 Å². The second kappa shape index (κ2) is 8.50. The van der Waals surface area contributed by atoms with Crippen molar-refractivity contribution in [1.29, 1.82) is 0 Å². The Hall–Kier alpha value is -2.77. The molecular formula is C15H23N5O8. The number of amides is 2. The number of nitrogens with zero attached hydrogens (tertiary/aromatic N) is 2. The minimum absolute atomic E-state index is 0.00756. The summed E-state index contributed by atoms with van der Waals surface area (Å²) in [7, 11) is 0. The lowest BCUT2D eigenvalue weighted by Crippen LogP contribution is -2.60. The molecule has 1 saturated carbocycles. The monoisotopic (exact) mass is 401 g/mol. The van der Waals surface area contributed by atoms with Crippen LogP contribution in [0, 0.1) is 5.92 Å². The van der Waals surface area contributed by atoms with E-state index in [1.54, 1.807) is 0 Å². The van der Waals surface area contributed by atoms with Gasteiger partial charge < -0.3 is 41.3 Å². The van der Waals surface area contributed by atoms with E-state index in [1.807, 2.05) is 0 Å². The quantitative estimate of drug-likeness (QED) is 0.246. The molecule has 0 aromatic carbocycles. The van der Waals surface area contributed by atoms with E-state index in [2.05, 4.69) is 20.8 Å². The maximum absolute atomic E-state index is 12.3. The Labute approximate surface area is 158 Å². The van der Waals surface area contributed by atoms with E-state index in [1.165, 1.54) is 6.92 Å². The highest BCUT2D eigenvalue weighted by molar-refractivity contribution is 5.83. The van der Waals surface area contributed by atoms with Crippen molar-refractivity contribution < 1.29 is 39.3 Å². The highest BCUT2D eigenvalue weighted by Gasteiger charge is 2.52.